The number of benzene rings is 2. The normalized spacial score (nSPS) is 11.9. The number of ether oxygens (including phenoxy) is 1. The van der Waals surface area contributed by atoms with E-state index in [0.29, 0.717) is 27.8 Å². The molecular weight excluding hydrogens is 502 g/mol. The van der Waals surface area contributed by atoms with Crippen molar-refractivity contribution in [2.75, 3.05) is 10.8 Å². The van der Waals surface area contributed by atoms with E-state index in [1.807, 2.05) is 32.9 Å². The third-order valence-electron chi connectivity index (χ3n) is 5.47. The highest BCUT2D eigenvalue weighted by atomic mass is 35.5. The lowest BCUT2D eigenvalue weighted by Crippen LogP contribution is -2.34. The molecule has 1 heterocycles. The number of aliphatic carboxylic acids is 1. The molecule has 0 aliphatic rings. The number of carboxylic acids is 1. The van der Waals surface area contributed by atoms with E-state index in [0.717, 1.165) is 22.8 Å². The number of sulfonamides is 1. The summed E-state index contributed by atoms with van der Waals surface area (Å²) in [7, 11) is -4.00. The van der Waals surface area contributed by atoms with Crippen LogP contribution >= 0.6 is 11.6 Å². The summed E-state index contributed by atoms with van der Waals surface area (Å²) in [6, 6.07) is 11.9. The Bertz CT molecular complexity index is 1390. The molecule has 0 bridgehead atoms. The van der Waals surface area contributed by atoms with Crippen molar-refractivity contribution in [3.8, 4) is 5.75 Å². The molecule has 7 nitrogen and oxygen atoms in total. The second-order valence-corrected chi connectivity index (χ2v) is 11.2. The minimum absolute atomic E-state index is 0.0216. The fourth-order valence-corrected chi connectivity index (χ4v) is 5.33. The molecule has 1 aromatic heterocycles. The summed E-state index contributed by atoms with van der Waals surface area (Å²) < 4.78 is 40.1. The Morgan fingerprint density at radius 3 is 2.42 bits per heavy atom. The summed E-state index contributed by atoms with van der Waals surface area (Å²) in [6.07, 6.45) is 2.60. The zero-order valence-corrected chi connectivity index (χ0v) is 22.5. The van der Waals surface area contributed by atoms with Crippen LogP contribution < -0.4 is 9.04 Å². The fourth-order valence-electron chi connectivity index (χ4n) is 3.58. The molecule has 0 radical (unpaired) electrons. The number of carboxylic acid groups (broad SMARTS) is 1. The Morgan fingerprint density at radius 1 is 1.11 bits per heavy atom. The van der Waals surface area contributed by atoms with Crippen LogP contribution in [0.3, 0.4) is 0 Å². The van der Waals surface area contributed by atoms with Gasteiger partial charge in [0.05, 0.1) is 5.69 Å². The third-order valence-corrected chi connectivity index (χ3v) is 7.53. The molecule has 0 aliphatic heterocycles. The molecule has 36 heavy (non-hydrogen) atoms. The van der Waals surface area contributed by atoms with Gasteiger partial charge in [-0.25, -0.2) is 4.79 Å². The highest BCUT2D eigenvalue weighted by Crippen LogP contribution is 2.38. The van der Waals surface area contributed by atoms with E-state index in [1.165, 1.54) is 16.4 Å². The van der Waals surface area contributed by atoms with Crippen LogP contribution in [-0.4, -0.2) is 26.0 Å². The summed E-state index contributed by atoms with van der Waals surface area (Å²) in [5.41, 5.74) is 3.60. The highest BCUT2D eigenvalue weighted by molar-refractivity contribution is 7.92. The van der Waals surface area contributed by atoms with Gasteiger partial charge in [0.15, 0.2) is 0 Å². The lowest BCUT2D eigenvalue weighted by atomic mass is 10.1. The first-order valence-corrected chi connectivity index (χ1v) is 13.2. The SMILES string of the molecule is Cc1ccc(S(=O)(=O)N(CC(C)C)c2cc(C)c(Cl)cc2OCc2ccc(C=CC(=O)O)cc2C)o1. The Morgan fingerprint density at radius 2 is 1.83 bits per heavy atom. The van der Waals surface area contributed by atoms with Gasteiger partial charge in [-0.1, -0.05) is 43.6 Å². The second kappa shape index (κ2) is 11.2. The molecule has 1 N–H and O–H groups in total. The lowest BCUT2D eigenvalue weighted by molar-refractivity contribution is -0.131. The first-order chi connectivity index (χ1) is 16.9. The van der Waals surface area contributed by atoms with Crippen molar-refractivity contribution in [3.05, 3.63) is 81.6 Å². The molecule has 0 amide bonds. The largest absolute Gasteiger partial charge is 0.487 e. The van der Waals surface area contributed by atoms with E-state index >= 15 is 0 Å². The van der Waals surface area contributed by atoms with Crippen LogP contribution in [0.2, 0.25) is 5.02 Å². The van der Waals surface area contributed by atoms with E-state index in [1.54, 1.807) is 38.1 Å². The quantitative estimate of drug-likeness (QED) is 0.304. The van der Waals surface area contributed by atoms with E-state index in [-0.39, 0.29) is 24.2 Å². The molecular formula is C27H30ClNO6S. The number of anilines is 1. The zero-order chi connectivity index (χ0) is 26.6. The van der Waals surface area contributed by atoms with Gasteiger partial charge >= 0.3 is 5.97 Å². The van der Waals surface area contributed by atoms with Crippen LogP contribution in [-0.2, 0) is 21.4 Å². The van der Waals surface area contributed by atoms with Crippen molar-refractivity contribution in [3.63, 3.8) is 0 Å². The topological polar surface area (TPSA) is 97.0 Å². The van der Waals surface area contributed by atoms with Crippen molar-refractivity contribution in [2.45, 2.75) is 46.3 Å². The van der Waals surface area contributed by atoms with E-state index in [9.17, 15) is 13.2 Å². The molecule has 3 aromatic rings. The average Bonchev–Trinajstić information content (AvgIpc) is 3.24. The molecule has 2 aromatic carbocycles. The summed E-state index contributed by atoms with van der Waals surface area (Å²) in [5, 5.41) is 9.15. The van der Waals surface area contributed by atoms with Gasteiger partial charge < -0.3 is 14.3 Å². The summed E-state index contributed by atoms with van der Waals surface area (Å²) in [5.74, 6) is -0.172. The molecule has 0 spiro atoms. The molecule has 0 saturated carbocycles. The molecule has 0 atom stereocenters. The Balaban J connectivity index is 1.99. The molecule has 9 heteroatoms. The Kier molecular flexibility index (Phi) is 8.53. The maximum atomic E-state index is 13.6. The molecule has 0 fully saturated rings. The van der Waals surface area contributed by atoms with Crippen LogP contribution in [0.1, 0.15) is 41.9 Å². The molecule has 3 rings (SSSR count). The van der Waals surface area contributed by atoms with Crippen molar-refractivity contribution in [2.24, 2.45) is 5.92 Å². The van der Waals surface area contributed by atoms with Crippen molar-refractivity contribution in [1.82, 2.24) is 0 Å². The summed E-state index contributed by atoms with van der Waals surface area (Å²) in [6.45, 7) is 9.64. The fraction of sp³-hybridized carbons (Fsp3) is 0.296. The van der Waals surface area contributed by atoms with Crippen LogP contribution in [0.5, 0.6) is 5.75 Å². The van der Waals surface area contributed by atoms with Gasteiger partial charge in [0.25, 0.3) is 10.0 Å². The molecule has 192 valence electrons. The highest BCUT2D eigenvalue weighted by Gasteiger charge is 2.31. The minimum atomic E-state index is -4.00. The minimum Gasteiger partial charge on any atom is -0.487 e. The van der Waals surface area contributed by atoms with Gasteiger partial charge in [-0.15, -0.1) is 0 Å². The molecule has 0 saturated heterocycles. The number of aryl methyl sites for hydroxylation is 3. The Labute approximate surface area is 217 Å². The maximum absolute atomic E-state index is 13.6. The number of rotatable bonds is 10. The van der Waals surface area contributed by atoms with Gasteiger partial charge in [-0.2, -0.15) is 8.42 Å². The molecule has 0 aliphatic carbocycles. The van der Waals surface area contributed by atoms with Gasteiger partial charge in [0.2, 0.25) is 5.09 Å². The van der Waals surface area contributed by atoms with Crippen LogP contribution in [0.4, 0.5) is 5.69 Å². The second-order valence-electron chi connectivity index (χ2n) is 9.01. The van der Waals surface area contributed by atoms with Crippen molar-refractivity contribution in [1.29, 1.82) is 0 Å². The van der Waals surface area contributed by atoms with Gasteiger partial charge in [-0.05, 0) is 73.2 Å². The summed E-state index contributed by atoms with van der Waals surface area (Å²) >= 11 is 6.40. The predicted octanol–water partition coefficient (Wildman–Crippen LogP) is 6.39. The lowest BCUT2D eigenvalue weighted by Gasteiger charge is -2.27. The number of furan rings is 1. The van der Waals surface area contributed by atoms with Gasteiger partial charge in [0, 0.05) is 23.7 Å². The van der Waals surface area contributed by atoms with E-state index in [4.69, 9.17) is 25.9 Å². The Hall–Kier alpha value is -3.23. The van der Waals surface area contributed by atoms with Crippen LogP contribution in [0.25, 0.3) is 6.08 Å². The monoisotopic (exact) mass is 531 g/mol. The first-order valence-electron chi connectivity index (χ1n) is 11.4. The van der Waals surface area contributed by atoms with Gasteiger partial charge in [0.1, 0.15) is 18.1 Å². The van der Waals surface area contributed by atoms with Crippen LogP contribution in [0, 0.1) is 26.7 Å². The van der Waals surface area contributed by atoms with Gasteiger partial charge in [-0.3, -0.25) is 4.31 Å². The maximum Gasteiger partial charge on any atom is 0.328 e. The van der Waals surface area contributed by atoms with Crippen LogP contribution in [0.15, 0.2) is 58.1 Å². The zero-order valence-electron chi connectivity index (χ0n) is 20.9. The number of hydrogen-bond donors (Lipinski definition) is 1. The van der Waals surface area contributed by atoms with E-state index < -0.39 is 16.0 Å². The van der Waals surface area contributed by atoms with E-state index in [2.05, 4.69) is 0 Å². The number of carbonyl (C=O) groups is 1. The predicted molar refractivity (Wildman–Crippen MR) is 141 cm³/mol. The molecule has 0 unspecified atom stereocenters. The standard InChI is InChI=1S/C27H30ClNO6S/c1-17(2)15-29(36(32,33)27-11-6-20(5)35-27)24-13-19(4)23(28)14-25(24)34-16-22-9-7-21(12-18(22)3)8-10-26(30)31/h6-14,17H,15-16H2,1-5H3,(H,30,31). The van der Waals surface area contributed by atoms with Crippen molar-refractivity contribution < 1.29 is 27.5 Å². The third kappa shape index (κ3) is 6.50. The number of nitrogens with zero attached hydrogens (tertiary/aromatic N) is 1. The smallest absolute Gasteiger partial charge is 0.328 e. The average molecular weight is 532 g/mol. The summed E-state index contributed by atoms with van der Waals surface area (Å²) in [4.78, 5) is 10.8. The first kappa shape index (κ1) is 27.4. The number of halogens is 1. The number of hydrogen-bond acceptors (Lipinski definition) is 5. The van der Waals surface area contributed by atoms with Crippen molar-refractivity contribution >= 4 is 39.4 Å².